The molecule has 1 aromatic rings. The van der Waals surface area contributed by atoms with Gasteiger partial charge in [0.15, 0.2) is 5.03 Å². The number of nitrogens with zero attached hydrogens (tertiary/aromatic N) is 2. The molecule has 0 aromatic heterocycles. The van der Waals surface area contributed by atoms with E-state index in [-0.39, 0.29) is 5.96 Å². The Kier molecular flexibility index (Phi) is 3.25. The maximum Gasteiger partial charge on any atom is 0.284 e. The molecule has 0 unspecified atom stereocenters. The molecule has 0 saturated carbocycles. The Morgan fingerprint density at radius 2 is 2.07 bits per heavy atom. The summed E-state index contributed by atoms with van der Waals surface area (Å²) in [7, 11) is 0. The second-order valence-corrected chi connectivity index (χ2v) is 2.34. The van der Waals surface area contributed by atoms with E-state index in [4.69, 9.17) is 5.73 Å². The van der Waals surface area contributed by atoms with Crippen LogP contribution in [0.1, 0.15) is 0 Å². The fourth-order valence-corrected chi connectivity index (χ4v) is 0.771. The van der Waals surface area contributed by atoms with E-state index in [0.717, 1.165) is 5.69 Å². The van der Waals surface area contributed by atoms with Crippen LogP contribution in [0.25, 0.3) is 0 Å². The van der Waals surface area contributed by atoms with Crippen LogP contribution in [-0.4, -0.2) is 11.0 Å². The van der Waals surface area contributed by atoms with Crippen molar-refractivity contribution in [2.24, 2.45) is 10.8 Å². The number of nitrogens with one attached hydrogen (secondary N) is 2. The largest absolute Gasteiger partial charge is 0.363 e. The van der Waals surface area contributed by atoms with E-state index in [0.29, 0.717) is 0 Å². The Labute approximate surface area is 79.7 Å². The number of nitro groups is 1. The quantitative estimate of drug-likeness (QED) is 0.275. The van der Waals surface area contributed by atoms with Crippen molar-refractivity contribution >= 4 is 11.6 Å². The van der Waals surface area contributed by atoms with Gasteiger partial charge >= 0.3 is 0 Å². The molecule has 0 aliphatic heterocycles. The van der Waals surface area contributed by atoms with Crippen LogP contribution in [0.3, 0.4) is 0 Å². The highest BCUT2D eigenvalue weighted by Crippen LogP contribution is 2.01. The monoisotopic (exact) mass is 195 g/mol. The Morgan fingerprint density at radius 3 is 2.64 bits per heavy atom. The fraction of sp³-hybridized carbons (Fsp3) is 0. The molecular weight excluding hydrogens is 186 g/mol. The lowest BCUT2D eigenvalue weighted by Crippen LogP contribution is -2.36. The molecule has 0 bridgehead atoms. The number of guanidine groups is 1. The zero-order valence-electron chi connectivity index (χ0n) is 7.18. The molecule has 0 amide bonds. The summed E-state index contributed by atoms with van der Waals surface area (Å²) in [6, 6.07) is 9.01. The third kappa shape index (κ3) is 3.39. The van der Waals surface area contributed by atoms with Crippen molar-refractivity contribution < 1.29 is 5.03 Å². The van der Waals surface area contributed by atoms with E-state index in [1.54, 1.807) is 12.1 Å². The first-order valence-corrected chi connectivity index (χ1v) is 3.74. The average molecular weight is 195 g/mol. The minimum Gasteiger partial charge on any atom is -0.363 e. The second kappa shape index (κ2) is 4.65. The summed E-state index contributed by atoms with van der Waals surface area (Å²) in [6.07, 6.45) is 0. The molecule has 0 heterocycles. The lowest BCUT2D eigenvalue weighted by atomic mass is 10.3. The van der Waals surface area contributed by atoms with Crippen molar-refractivity contribution in [1.29, 1.82) is 0 Å². The van der Waals surface area contributed by atoms with E-state index in [9.17, 15) is 10.1 Å². The Balaban J connectivity index is 2.45. The molecule has 14 heavy (non-hydrogen) atoms. The number of hydrogen-bond donors (Lipinski definition) is 3. The van der Waals surface area contributed by atoms with Gasteiger partial charge < -0.3 is 5.73 Å². The fourth-order valence-electron chi connectivity index (χ4n) is 0.771. The first kappa shape index (κ1) is 9.78. The van der Waals surface area contributed by atoms with Gasteiger partial charge in [0, 0.05) is 0 Å². The highest BCUT2D eigenvalue weighted by atomic mass is 16.7. The van der Waals surface area contributed by atoms with Crippen LogP contribution in [0, 0.1) is 10.1 Å². The lowest BCUT2D eigenvalue weighted by molar-refractivity contribution is -0.485. The van der Waals surface area contributed by atoms with Gasteiger partial charge in [-0.15, -0.1) is 0 Å². The summed E-state index contributed by atoms with van der Waals surface area (Å²) in [4.78, 5) is 9.89. The normalized spacial score (nSPS) is 10.7. The number of hydrazine groups is 1. The molecule has 1 rings (SSSR count). The van der Waals surface area contributed by atoms with Crippen LogP contribution in [0.2, 0.25) is 0 Å². The first-order valence-electron chi connectivity index (χ1n) is 3.74. The topological polar surface area (TPSA) is 106 Å². The van der Waals surface area contributed by atoms with Gasteiger partial charge in [0.25, 0.3) is 5.96 Å². The molecule has 0 saturated heterocycles. The van der Waals surface area contributed by atoms with Crippen molar-refractivity contribution in [3.63, 3.8) is 0 Å². The zero-order chi connectivity index (χ0) is 10.4. The molecule has 0 aliphatic carbocycles. The first-order chi connectivity index (χ1) is 6.68. The van der Waals surface area contributed by atoms with Gasteiger partial charge in [-0.1, -0.05) is 18.2 Å². The highest BCUT2D eigenvalue weighted by molar-refractivity contribution is 5.78. The van der Waals surface area contributed by atoms with Crippen LogP contribution in [0.4, 0.5) is 5.69 Å². The summed E-state index contributed by atoms with van der Waals surface area (Å²) < 4.78 is 0. The van der Waals surface area contributed by atoms with E-state index in [2.05, 4.69) is 16.0 Å². The minimum absolute atomic E-state index is 0.307. The molecule has 0 aliphatic rings. The van der Waals surface area contributed by atoms with Gasteiger partial charge in [-0.05, 0) is 12.1 Å². The maximum atomic E-state index is 9.89. The number of anilines is 1. The summed E-state index contributed by atoms with van der Waals surface area (Å²) in [6.45, 7) is 0. The predicted molar refractivity (Wildman–Crippen MR) is 51.8 cm³/mol. The van der Waals surface area contributed by atoms with E-state index < -0.39 is 5.03 Å². The maximum absolute atomic E-state index is 9.89. The van der Waals surface area contributed by atoms with Crippen molar-refractivity contribution in [2.75, 3.05) is 5.43 Å². The summed E-state index contributed by atoms with van der Waals surface area (Å²) in [5.41, 5.74) is 10.9. The van der Waals surface area contributed by atoms with E-state index in [1.807, 2.05) is 18.2 Å². The van der Waals surface area contributed by atoms with Crippen molar-refractivity contribution in [2.45, 2.75) is 0 Å². The smallest absolute Gasteiger partial charge is 0.284 e. The number of nitrogens with two attached hydrogens (primary N) is 1. The van der Waals surface area contributed by atoms with Crippen LogP contribution < -0.4 is 16.6 Å². The number of para-hydroxylation sites is 1. The van der Waals surface area contributed by atoms with Gasteiger partial charge in [-0.25, -0.2) is 10.1 Å². The number of hydrazone groups is 1. The molecule has 0 spiro atoms. The van der Waals surface area contributed by atoms with Crippen molar-refractivity contribution in [1.82, 2.24) is 5.43 Å². The molecule has 7 heteroatoms. The predicted octanol–water partition coefficient (Wildman–Crippen LogP) is 0.109. The molecule has 0 radical (unpaired) electrons. The average Bonchev–Trinajstić information content (AvgIpc) is 2.15. The molecule has 74 valence electrons. The minimum atomic E-state index is -0.880. The Morgan fingerprint density at radius 1 is 1.43 bits per heavy atom. The summed E-state index contributed by atoms with van der Waals surface area (Å²) in [5, 5.41) is 11.8. The Hall–Kier alpha value is -2.31. The third-order valence-corrected chi connectivity index (χ3v) is 1.30. The molecule has 7 nitrogen and oxygen atoms in total. The zero-order valence-corrected chi connectivity index (χ0v) is 7.18. The Bertz CT molecular complexity index is 337. The van der Waals surface area contributed by atoms with Crippen LogP contribution in [-0.2, 0) is 0 Å². The highest BCUT2D eigenvalue weighted by Gasteiger charge is 1.96. The molecular formula is C7H9N5O2. The van der Waals surface area contributed by atoms with E-state index in [1.165, 1.54) is 0 Å². The van der Waals surface area contributed by atoms with Gasteiger partial charge in [-0.3, -0.25) is 10.9 Å². The number of benzene rings is 1. The number of rotatable bonds is 3. The van der Waals surface area contributed by atoms with Gasteiger partial charge in [-0.2, -0.15) is 0 Å². The van der Waals surface area contributed by atoms with Crippen LogP contribution in [0.15, 0.2) is 35.4 Å². The third-order valence-electron chi connectivity index (χ3n) is 1.30. The van der Waals surface area contributed by atoms with Gasteiger partial charge in [0.05, 0.1) is 5.69 Å². The standard InChI is InChI=1S/C7H9N5O2/c8-7(11-12(13)14)10-9-6-4-2-1-3-5-6/h1-5,9H,(H3,8,10,11). The van der Waals surface area contributed by atoms with E-state index >= 15 is 0 Å². The van der Waals surface area contributed by atoms with Crippen LogP contribution in [0.5, 0.6) is 0 Å². The number of hydrogen-bond acceptors (Lipinski definition) is 3. The van der Waals surface area contributed by atoms with Gasteiger partial charge in [0.2, 0.25) is 0 Å². The van der Waals surface area contributed by atoms with Crippen LogP contribution >= 0.6 is 0 Å². The lowest BCUT2D eigenvalue weighted by Gasteiger charge is -2.05. The van der Waals surface area contributed by atoms with Crippen molar-refractivity contribution in [3.05, 3.63) is 40.4 Å². The SMILES string of the molecule is NC(=N[N+](=O)[O-])NNc1ccccc1. The second-order valence-electron chi connectivity index (χ2n) is 2.34. The van der Waals surface area contributed by atoms with Crippen molar-refractivity contribution in [3.8, 4) is 0 Å². The molecule has 4 N–H and O–H groups in total. The molecule has 0 fully saturated rings. The molecule has 1 aromatic carbocycles. The summed E-state index contributed by atoms with van der Waals surface area (Å²) >= 11 is 0. The summed E-state index contributed by atoms with van der Waals surface area (Å²) in [5.74, 6) is -0.307. The molecule has 0 atom stereocenters. The van der Waals surface area contributed by atoms with Gasteiger partial charge in [0.1, 0.15) is 5.10 Å².